The molecular formula is C15H22F5NOSi. The molecule has 0 heterocycles. The van der Waals surface area contributed by atoms with Gasteiger partial charge in [-0.25, -0.2) is 22.0 Å². The van der Waals surface area contributed by atoms with E-state index in [4.69, 9.17) is 10.2 Å². The zero-order valence-corrected chi connectivity index (χ0v) is 14.9. The fourth-order valence-corrected chi connectivity index (χ4v) is 3.15. The van der Waals surface area contributed by atoms with Gasteiger partial charge in [0.05, 0.1) is 11.7 Å². The second kappa shape index (κ2) is 6.86. The summed E-state index contributed by atoms with van der Waals surface area (Å²) < 4.78 is 74.0. The van der Waals surface area contributed by atoms with Crippen LogP contribution in [-0.2, 0) is 4.43 Å². The Morgan fingerprint density at radius 2 is 1.30 bits per heavy atom. The SMILES string of the molecule is CC(C)(C)[Si](C)(C)O[C@@H](CCN)c1c(F)c(F)c(F)c(F)c1F. The zero-order chi connectivity index (χ0) is 18.2. The van der Waals surface area contributed by atoms with Crippen LogP contribution in [0.1, 0.15) is 38.9 Å². The summed E-state index contributed by atoms with van der Waals surface area (Å²) in [7, 11) is -2.51. The summed E-state index contributed by atoms with van der Waals surface area (Å²) in [6, 6.07) is 0. The summed E-state index contributed by atoms with van der Waals surface area (Å²) in [6.07, 6.45) is -1.34. The minimum absolute atomic E-state index is 0.0151. The second-order valence-electron chi connectivity index (χ2n) is 6.93. The van der Waals surface area contributed by atoms with Crippen LogP contribution in [0.15, 0.2) is 0 Å². The Bertz CT molecular complexity index is 557. The number of nitrogens with two attached hydrogens (primary N) is 1. The molecule has 0 unspecified atom stereocenters. The minimum atomic E-state index is -2.51. The Morgan fingerprint density at radius 3 is 1.65 bits per heavy atom. The van der Waals surface area contributed by atoms with Gasteiger partial charge in [-0.1, -0.05) is 20.8 Å². The summed E-state index contributed by atoms with van der Waals surface area (Å²) in [4.78, 5) is 0. The molecule has 0 aliphatic carbocycles. The first kappa shape index (κ1) is 20.1. The molecule has 0 amide bonds. The van der Waals surface area contributed by atoms with Crippen LogP contribution in [-0.4, -0.2) is 14.9 Å². The molecule has 0 aromatic heterocycles. The van der Waals surface area contributed by atoms with Crippen molar-refractivity contribution in [3.05, 3.63) is 34.6 Å². The van der Waals surface area contributed by atoms with Crippen molar-refractivity contribution in [2.75, 3.05) is 6.54 Å². The number of benzene rings is 1. The number of hydrogen-bond donors (Lipinski definition) is 1. The van der Waals surface area contributed by atoms with Gasteiger partial charge in [-0.15, -0.1) is 0 Å². The lowest BCUT2D eigenvalue weighted by Crippen LogP contribution is -2.42. The van der Waals surface area contributed by atoms with E-state index in [0.717, 1.165) is 0 Å². The Morgan fingerprint density at radius 1 is 0.913 bits per heavy atom. The monoisotopic (exact) mass is 355 g/mol. The van der Waals surface area contributed by atoms with Crippen LogP contribution in [0.4, 0.5) is 22.0 Å². The lowest BCUT2D eigenvalue weighted by Gasteiger charge is -2.39. The highest BCUT2D eigenvalue weighted by Crippen LogP contribution is 2.42. The summed E-state index contributed by atoms with van der Waals surface area (Å²) in [5.74, 6) is -9.85. The second-order valence-corrected chi connectivity index (χ2v) is 11.7. The van der Waals surface area contributed by atoms with Gasteiger partial charge >= 0.3 is 0 Å². The van der Waals surface area contributed by atoms with Crippen LogP contribution in [0.25, 0.3) is 0 Å². The molecule has 1 aromatic carbocycles. The fraction of sp³-hybridized carbons (Fsp3) is 0.600. The average Bonchev–Trinajstić information content (AvgIpc) is 2.42. The van der Waals surface area contributed by atoms with Gasteiger partial charge in [-0.05, 0) is 31.1 Å². The van der Waals surface area contributed by atoms with Crippen molar-refractivity contribution in [3.63, 3.8) is 0 Å². The molecule has 2 N–H and O–H groups in total. The van der Waals surface area contributed by atoms with E-state index in [1.165, 1.54) is 0 Å². The van der Waals surface area contributed by atoms with Crippen molar-refractivity contribution in [1.29, 1.82) is 0 Å². The van der Waals surface area contributed by atoms with Crippen molar-refractivity contribution < 1.29 is 26.4 Å². The van der Waals surface area contributed by atoms with E-state index < -0.39 is 49.1 Å². The van der Waals surface area contributed by atoms with Gasteiger partial charge in [-0.2, -0.15) is 0 Å². The van der Waals surface area contributed by atoms with E-state index in [1.807, 2.05) is 33.9 Å². The average molecular weight is 355 g/mol. The predicted octanol–water partition coefficient (Wildman–Crippen LogP) is 4.79. The molecule has 8 heteroatoms. The molecule has 1 rings (SSSR count). The normalized spacial score (nSPS) is 14.2. The zero-order valence-electron chi connectivity index (χ0n) is 13.9. The van der Waals surface area contributed by atoms with E-state index >= 15 is 0 Å². The molecule has 0 spiro atoms. The molecule has 1 atom stereocenters. The third-order valence-electron chi connectivity index (χ3n) is 4.24. The first-order chi connectivity index (χ1) is 10.3. The first-order valence-corrected chi connectivity index (χ1v) is 10.1. The van der Waals surface area contributed by atoms with Crippen LogP contribution in [0.3, 0.4) is 0 Å². The Kier molecular flexibility index (Phi) is 5.98. The van der Waals surface area contributed by atoms with E-state index in [-0.39, 0.29) is 18.0 Å². The van der Waals surface area contributed by atoms with Gasteiger partial charge in [-0.3, -0.25) is 0 Å². The molecule has 1 aromatic rings. The van der Waals surface area contributed by atoms with Crippen molar-refractivity contribution in [2.24, 2.45) is 5.73 Å². The Balaban J connectivity index is 3.43. The molecule has 0 bridgehead atoms. The smallest absolute Gasteiger partial charge is 0.200 e. The van der Waals surface area contributed by atoms with E-state index in [9.17, 15) is 22.0 Å². The third-order valence-corrected chi connectivity index (χ3v) is 8.72. The quantitative estimate of drug-likeness (QED) is 0.357. The van der Waals surface area contributed by atoms with Gasteiger partial charge < -0.3 is 10.2 Å². The molecule has 0 saturated heterocycles. The van der Waals surface area contributed by atoms with Crippen molar-refractivity contribution in [3.8, 4) is 0 Å². The van der Waals surface area contributed by atoms with Gasteiger partial charge in [0.15, 0.2) is 31.6 Å². The molecule has 132 valence electrons. The number of hydrogen-bond acceptors (Lipinski definition) is 2. The fourth-order valence-electron chi connectivity index (χ4n) is 1.85. The Labute approximate surface area is 134 Å². The number of halogens is 5. The van der Waals surface area contributed by atoms with E-state index in [2.05, 4.69) is 0 Å². The lowest BCUT2D eigenvalue weighted by molar-refractivity contribution is 0.162. The maximum Gasteiger partial charge on any atom is 0.200 e. The topological polar surface area (TPSA) is 35.2 Å². The maximum atomic E-state index is 14.0. The molecule has 0 aliphatic heterocycles. The van der Waals surface area contributed by atoms with Crippen LogP contribution >= 0.6 is 0 Å². The van der Waals surface area contributed by atoms with Gasteiger partial charge in [0.1, 0.15) is 0 Å². The van der Waals surface area contributed by atoms with Crippen molar-refractivity contribution >= 4 is 8.32 Å². The largest absolute Gasteiger partial charge is 0.410 e. The van der Waals surface area contributed by atoms with Gasteiger partial charge in [0.2, 0.25) is 5.82 Å². The molecule has 23 heavy (non-hydrogen) atoms. The van der Waals surface area contributed by atoms with Crippen LogP contribution < -0.4 is 5.73 Å². The molecule has 0 radical (unpaired) electrons. The Hall–Kier alpha value is -0.993. The highest BCUT2D eigenvalue weighted by molar-refractivity contribution is 6.74. The summed E-state index contributed by atoms with van der Waals surface area (Å²) in [6.45, 7) is 9.33. The van der Waals surface area contributed by atoms with E-state index in [1.54, 1.807) is 0 Å². The highest BCUT2D eigenvalue weighted by Gasteiger charge is 2.41. The molecule has 0 fully saturated rings. The maximum absolute atomic E-state index is 14.0. The van der Waals surface area contributed by atoms with Gasteiger partial charge in [0.25, 0.3) is 0 Å². The van der Waals surface area contributed by atoms with Crippen molar-refractivity contribution in [1.82, 2.24) is 0 Å². The summed E-state index contributed by atoms with van der Waals surface area (Å²) in [5, 5.41) is -0.302. The predicted molar refractivity (Wildman–Crippen MR) is 80.9 cm³/mol. The third kappa shape index (κ3) is 3.92. The molecule has 0 saturated carbocycles. The highest BCUT2D eigenvalue weighted by atomic mass is 28.4. The standard InChI is InChI=1S/C15H22F5NOSi/c1-15(2,3)23(4,5)22-8(6-7-21)9-10(16)12(18)14(20)13(19)11(9)17/h8H,6-7,21H2,1-5H3/t8-/m0/s1. The number of rotatable bonds is 5. The molecular weight excluding hydrogens is 333 g/mol. The first-order valence-electron chi connectivity index (χ1n) is 7.24. The summed E-state index contributed by atoms with van der Waals surface area (Å²) in [5.41, 5.74) is 4.48. The van der Waals surface area contributed by atoms with Crippen LogP contribution in [0, 0.1) is 29.1 Å². The summed E-state index contributed by atoms with van der Waals surface area (Å²) >= 11 is 0. The van der Waals surface area contributed by atoms with Gasteiger partial charge in [0, 0.05) is 0 Å². The van der Waals surface area contributed by atoms with Crippen LogP contribution in [0.2, 0.25) is 18.1 Å². The van der Waals surface area contributed by atoms with E-state index in [0.29, 0.717) is 0 Å². The van der Waals surface area contributed by atoms with Crippen molar-refractivity contribution in [2.45, 2.75) is 51.4 Å². The minimum Gasteiger partial charge on any atom is -0.410 e. The molecule has 0 aliphatic rings. The lowest BCUT2D eigenvalue weighted by atomic mass is 10.0. The van der Waals surface area contributed by atoms with Crippen LogP contribution in [0.5, 0.6) is 0 Å². The molecule has 2 nitrogen and oxygen atoms in total.